The fraction of sp³-hybridized carbons (Fsp3) is 0.150. The summed E-state index contributed by atoms with van der Waals surface area (Å²) < 4.78 is 13.1. The van der Waals surface area contributed by atoms with E-state index in [0.717, 1.165) is 5.56 Å². The molecule has 1 aliphatic rings. The molecular formula is C20H15N5O3. The van der Waals surface area contributed by atoms with Gasteiger partial charge in [-0.25, -0.2) is 14.5 Å². The molecule has 0 amide bonds. The van der Waals surface area contributed by atoms with Crippen LogP contribution >= 0.6 is 0 Å². The zero-order chi connectivity index (χ0) is 19.3. The molecule has 1 atom stereocenters. The van der Waals surface area contributed by atoms with Gasteiger partial charge in [0.1, 0.15) is 17.8 Å². The Morgan fingerprint density at radius 3 is 2.86 bits per heavy atom. The first-order valence-electron chi connectivity index (χ1n) is 8.72. The van der Waals surface area contributed by atoms with Gasteiger partial charge in [-0.1, -0.05) is 0 Å². The van der Waals surface area contributed by atoms with Gasteiger partial charge in [0, 0.05) is 23.5 Å². The fourth-order valence-electron chi connectivity index (χ4n) is 3.55. The Hall–Kier alpha value is -3.81. The van der Waals surface area contributed by atoms with Crippen molar-refractivity contribution in [1.29, 1.82) is 0 Å². The minimum Gasteiger partial charge on any atom is -0.468 e. The molecule has 0 fully saturated rings. The molecule has 1 unspecified atom stereocenters. The van der Waals surface area contributed by atoms with Gasteiger partial charge in [-0.3, -0.25) is 9.78 Å². The zero-order valence-corrected chi connectivity index (χ0v) is 15.2. The number of ketones is 1. The largest absolute Gasteiger partial charge is 0.468 e. The third-order valence-corrected chi connectivity index (χ3v) is 4.72. The lowest BCUT2D eigenvalue weighted by Crippen LogP contribution is -2.21. The molecule has 5 rings (SSSR count). The molecule has 0 saturated carbocycles. The molecule has 8 nitrogen and oxygen atoms in total. The maximum atomic E-state index is 12.4. The predicted molar refractivity (Wildman–Crippen MR) is 98.6 cm³/mol. The van der Waals surface area contributed by atoms with Crippen LogP contribution in [0, 0.1) is 0 Å². The van der Waals surface area contributed by atoms with Crippen LogP contribution in [0.3, 0.4) is 0 Å². The standard InChI is InChI=1S/C20H15N5O3/c1-11(26)15-12(2)28-20-17(16(15)14-6-4-8-27-14)19-23-18(24-25(19)10-22-20)13-5-3-7-21-9-13/h3-10,16H,1-2H3. The number of allylic oxidation sites excluding steroid dienone is 2. The minimum absolute atomic E-state index is 0.0986. The molecule has 8 heteroatoms. The topological polar surface area (TPSA) is 95.4 Å². The van der Waals surface area contributed by atoms with Crippen molar-refractivity contribution in [3.63, 3.8) is 0 Å². The summed E-state index contributed by atoms with van der Waals surface area (Å²) in [5.74, 6) is 1.45. The van der Waals surface area contributed by atoms with E-state index in [0.29, 0.717) is 40.0 Å². The molecule has 138 valence electrons. The number of pyridine rings is 1. The highest BCUT2D eigenvalue weighted by atomic mass is 16.5. The minimum atomic E-state index is -0.474. The second-order valence-corrected chi connectivity index (χ2v) is 6.49. The molecule has 0 aromatic carbocycles. The summed E-state index contributed by atoms with van der Waals surface area (Å²) in [6, 6.07) is 7.32. The van der Waals surface area contributed by atoms with E-state index in [1.807, 2.05) is 18.2 Å². The number of furan rings is 1. The van der Waals surface area contributed by atoms with E-state index in [9.17, 15) is 4.79 Å². The molecule has 0 bridgehead atoms. The molecule has 0 N–H and O–H groups in total. The number of aromatic nitrogens is 5. The van der Waals surface area contributed by atoms with Gasteiger partial charge in [-0.05, 0) is 38.1 Å². The van der Waals surface area contributed by atoms with Crippen LogP contribution in [0.25, 0.3) is 17.0 Å². The number of fused-ring (bicyclic) bond motifs is 3. The molecule has 4 aromatic heterocycles. The highest BCUT2D eigenvalue weighted by Crippen LogP contribution is 2.44. The third-order valence-electron chi connectivity index (χ3n) is 4.72. The summed E-state index contributed by atoms with van der Waals surface area (Å²) in [7, 11) is 0. The number of ether oxygens (including phenoxy) is 1. The summed E-state index contributed by atoms with van der Waals surface area (Å²) in [5, 5.41) is 4.51. The number of hydrogen-bond acceptors (Lipinski definition) is 7. The predicted octanol–water partition coefficient (Wildman–Crippen LogP) is 3.17. The van der Waals surface area contributed by atoms with E-state index in [4.69, 9.17) is 14.1 Å². The highest BCUT2D eigenvalue weighted by molar-refractivity contribution is 5.97. The first kappa shape index (κ1) is 16.4. The lowest BCUT2D eigenvalue weighted by atomic mass is 9.85. The van der Waals surface area contributed by atoms with Crippen LogP contribution in [-0.2, 0) is 4.79 Å². The molecule has 28 heavy (non-hydrogen) atoms. The van der Waals surface area contributed by atoms with E-state index < -0.39 is 5.92 Å². The Balaban J connectivity index is 1.79. The summed E-state index contributed by atoms with van der Waals surface area (Å²) in [5.41, 5.74) is 2.50. The van der Waals surface area contributed by atoms with Gasteiger partial charge < -0.3 is 9.15 Å². The highest BCUT2D eigenvalue weighted by Gasteiger charge is 2.37. The van der Waals surface area contributed by atoms with Crippen LogP contribution in [0.5, 0.6) is 5.88 Å². The van der Waals surface area contributed by atoms with Crippen LogP contribution in [0.1, 0.15) is 31.1 Å². The summed E-state index contributed by atoms with van der Waals surface area (Å²) in [4.78, 5) is 25.6. The van der Waals surface area contributed by atoms with Crippen LogP contribution in [0.4, 0.5) is 0 Å². The number of carbonyl (C=O) groups excluding carboxylic acids is 1. The molecule has 4 aromatic rings. The first-order chi connectivity index (χ1) is 13.6. The summed E-state index contributed by atoms with van der Waals surface area (Å²) in [6.07, 6.45) is 6.51. The van der Waals surface area contributed by atoms with Crippen molar-refractivity contribution in [3.8, 4) is 17.3 Å². The van der Waals surface area contributed by atoms with Gasteiger partial charge in [0.15, 0.2) is 17.3 Å². The van der Waals surface area contributed by atoms with E-state index in [1.165, 1.54) is 6.92 Å². The second-order valence-electron chi connectivity index (χ2n) is 6.49. The lowest BCUT2D eigenvalue weighted by molar-refractivity contribution is -0.114. The fourth-order valence-corrected chi connectivity index (χ4v) is 3.55. The Bertz CT molecular complexity index is 1230. The van der Waals surface area contributed by atoms with Crippen LogP contribution in [-0.4, -0.2) is 30.3 Å². The number of hydrogen-bond donors (Lipinski definition) is 0. The molecule has 5 heterocycles. The van der Waals surface area contributed by atoms with Gasteiger partial charge >= 0.3 is 0 Å². The van der Waals surface area contributed by atoms with Crippen molar-refractivity contribution in [2.45, 2.75) is 19.8 Å². The van der Waals surface area contributed by atoms with E-state index in [-0.39, 0.29) is 5.78 Å². The summed E-state index contributed by atoms with van der Waals surface area (Å²) in [6.45, 7) is 3.27. The van der Waals surface area contributed by atoms with Gasteiger partial charge in [0.25, 0.3) is 0 Å². The van der Waals surface area contributed by atoms with Crippen LogP contribution in [0.15, 0.2) is 65.0 Å². The average molecular weight is 373 g/mol. The molecular weight excluding hydrogens is 358 g/mol. The van der Waals surface area contributed by atoms with Crippen molar-refractivity contribution >= 4 is 11.4 Å². The normalized spacial score (nSPS) is 16.1. The smallest absolute Gasteiger partial charge is 0.228 e. The van der Waals surface area contributed by atoms with Gasteiger partial charge in [0.2, 0.25) is 5.88 Å². The molecule has 0 saturated heterocycles. The quantitative estimate of drug-likeness (QED) is 0.544. The van der Waals surface area contributed by atoms with Crippen molar-refractivity contribution in [1.82, 2.24) is 24.6 Å². The zero-order valence-electron chi connectivity index (χ0n) is 15.2. The van der Waals surface area contributed by atoms with Gasteiger partial charge in [-0.15, -0.1) is 5.10 Å². The van der Waals surface area contributed by atoms with Crippen LogP contribution in [0.2, 0.25) is 0 Å². The molecule has 0 radical (unpaired) electrons. The van der Waals surface area contributed by atoms with E-state index >= 15 is 0 Å². The van der Waals surface area contributed by atoms with Crippen molar-refractivity contribution in [2.75, 3.05) is 0 Å². The third kappa shape index (κ3) is 2.42. The SMILES string of the molecule is CC(=O)C1=C(C)Oc2ncn3nc(-c4cccnc4)nc3c2C1c1ccco1. The van der Waals surface area contributed by atoms with E-state index in [2.05, 4.69) is 15.1 Å². The average Bonchev–Trinajstić information content (AvgIpc) is 3.37. The van der Waals surface area contributed by atoms with Crippen LogP contribution < -0.4 is 4.74 Å². The number of rotatable bonds is 3. The van der Waals surface area contributed by atoms with Crippen molar-refractivity contribution in [2.24, 2.45) is 0 Å². The Labute approximate surface area is 159 Å². The Morgan fingerprint density at radius 2 is 2.14 bits per heavy atom. The monoisotopic (exact) mass is 373 g/mol. The lowest BCUT2D eigenvalue weighted by Gasteiger charge is -2.26. The maximum absolute atomic E-state index is 12.4. The molecule has 0 aliphatic carbocycles. The number of Topliss-reactive ketones (excluding diaryl/α,β-unsaturated/α-hetero) is 1. The Morgan fingerprint density at radius 1 is 1.25 bits per heavy atom. The molecule has 0 spiro atoms. The molecule has 1 aliphatic heterocycles. The van der Waals surface area contributed by atoms with Gasteiger partial charge in [0.05, 0.1) is 17.7 Å². The second kappa shape index (κ2) is 6.12. The van der Waals surface area contributed by atoms with E-state index in [1.54, 1.807) is 42.5 Å². The van der Waals surface area contributed by atoms with Crippen molar-refractivity contribution in [3.05, 3.63) is 71.9 Å². The summed E-state index contributed by atoms with van der Waals surface area (Å²) >= 11 is 0. The Kier molecular flexibility index (Phi) is 3.58. The van der Waals surface area contributed by atoms with Gasteiger partial charge in [-0.2, -0.15) is 0 Å². The number of carbonyl (C=O) groups is 1. The van der Waals surface area contributed by atoms with Crippen molar-refractivity contribution < 1.29 is 13.9 Å². The maximum Gasteiger partial charge on any atom is 0.228 e. The number of nitrogens with zero attached hydrogens (tertiary/aromatic N) is 5. The first-order valence-corrected chi connectivity index (χ1v) is 8.72.